The van der Waals surface area contributed by atoms with Crippen molar-refractivity contribution in [1.29, 1.82) is 0 Å². The molecule has 0 radical (unpaired) electrons. The minimum Gasteiger partial charge on any atom is -0.480 e. The van der Waals surface area contributed by atoms with Crippen LogP contribution >= 0.6 is 62.0 Å². The van der Waals surface area contributed by atoms with Crippen LogP contribution in [0.15, 0.2) is 0 Å². The van der Waals surface area contributed by atoms with Crippen LogP contribution in [0.5, 0.6) is 0 Å². The zero-order chi connectivity index (χ0) is 7.28. The standard InChI is InChI=1S/C5H12N2O2.5ClH/c6-3-1-2-4(7)5(8)9;;;;;/h4H,1-3,6-7H2,(H,8,9);5*1H/t4-;;;;;/m0...../s1. The monoisotopic (exact) mass is 312 g/mol. The van der Waals surface area contributed by atoms with Crippen molar-refractivity contribution in [2.45, 2.75) is 18.9 Å². The molecule has 14 heavy (non-hydrogen) atoms. The van der Waals surface area contributed by atoms with Crippen molar-refractivity contribution in [3.05, 3.63) is 0 Å². The van der Waals surface area contributed by atoms with E-state index < -0.39 is 12.0 Å². The minimum atomic E-state index is -0.955. The molecule has 1 atom stereocenters. The zero-order valence-corrected chi connectivity index (χ0v) is 11.3. The van der Waals surface area contributed by atoms with Crippen LogP contribution in [0.4, 0.5) is 0 Å². The summed E-state index contributed by atoms with van der Waals surface area (Å²) < 4.78 is 0. The third kappa shape index (κ3) is 23.0. The molecule has 0 bridgehead atoms. The van der Waals surface area contributed by atoms with Crippen molar-refractivity contribution in [3.8, 4) is 0 Å². The highest BCUT2D eigenvalue weighted by molar-refractivity contribution is 5.86. The van der Waals surface area contributed by atoms with Crippen molar-refractivity contribution in [2.75, 3.05) is 6.54 Å². The highest BCUT2D eigenvalue weighted by Gasteiger charge is 2.08. The lowest BCUT2D eigenvalue weighted by molar-refractivity contribution is -0.138. The van der Waals surface area contributed by atoms with Gasteiger partial charge in [-0.1, -0.05) is 0 Å². The lowest BCUT2D eigenvalue weighted by Crippen LogP contribution is -2.30. The third-order valence-electron chi connectivity index (χ3n) is 1.04. The first-order chi connectivity index (χ1) is 4.18. The molecule has 5 N–H and O–H groups in total. The van der Waals surface area contributed by atoms with Crippen molar-refractivity contribution in [1.82, 2.24) is 0 Å². The first kappa shape index (κ1) is 36.4. The number of rotatable bonds is 4. The van der Waals surface area contributed by atoms with E-state index in [4.69, 9.17) is 16.6 Å². The summed E-state index contributed by atoms with van der Waals surface area (Å²) in [6.07, 6.45) is 1.14. The summed E-state index contributed by atoms with van der Waals surface area (Å²) in [6.45, 7) is 0.501. The molecule has 0 saturated heterocycles. The van der Waals surface area contributed by atoms with Gasteiger partial charge >= 0.3 is 5.97 Å². The van der Waals surface area contributed by atoms with Crippen LogP contribution in [-0.4, -0.2) is 23.7 Å². The van der Waals surface area contributed by atoms with E-state index in [0.717, 1.165) is 0 Å². The van der Waals surface area contributed by atoms with Crippen LogP contribution < -0.4 is 11.5 Å². The molecule has 9 heteroatoms. The second-order valence-corrected chi connectivity index (χ2v) is 1.88. The Bertz CT molecular complexity index is 108. The van der Waals surface area contributed by atoms with Gasteiger partial charge in [0.2, 0.25) is 0 Å². The summed E-state index contributed by atoms with van der Waals surface area (Å²) in [6, 6.07) is -0.742. The molecule has 0 saturated carbocycles. The number of aliphatic carboxylic acids is 1. The van der Waals surface area contributed by atoms with E-state index in [1.807, 2.05) is 0 Å². The van der Waals surface area contributed by atoms with E-state index in [1.54, 1.807) is 0 Å². The smallest absolute Gasteiger partial charge is 0.320 e. The van der Waals surface area contributed by atoms with E-state index in [2.05, 4.69) is 0 Å². The van der Waals surface area contributed by atoms with E-state index in [-0.39, 0.29) is 62.0 Å². The number of carboxylic acid groups (broad SMARTS) is 1. The molecule has 94 valence electrons. The van der Waals surface area contributed by atoms with Gasteiger partial charge in [-0.15, -0.1) is 62.0 Å². The second kappa shape index (κ2) is 23.6. The fourth-order valence-corrected chi connectivity index (χ4v) is 0.461. The molecule has 0 aliphatic rings. The minimum absolute atomic E-state index is 0. The van der Waals surface area contributed by atoms with E-state index in [1.165, 1.54) is 0 Å². The predicted octanol–water partition coefficient (Wildman–Crippen LogP) is 1.25. The maximum atomic E-state index is 10.0. The number of nitrogens with two attached hydrogens (primary N) is 2. The molecule has 0 aromatic heterocycles. The quantitative estimate of drug-likeness (QED) is 0.728. The van der Waals surface area contributed by atoms with Gasteiger partial charge in [0, 0.05) is 0 Å². The Hall–Kier alpha value is 0.840. The second-order valence-electron chi connectivity index (χ2n) is 1.88. The highest BCUT2D eigenvalue weighted by atomic mass is 35.5. The molecule has 0 aliphatic heterocycles. The van der Waals surface area contributed by atoms with Gasteiger partial charge in [-0.25, -0.2) is 0 Å². The van der Waals surface area contributed by atoms with Gasteiger partial charge in [-0.2, -0.15) is 0 Å². The van der Waals surface area contributed by atoms with Gasteiger partial charge in [0.25, 0.3) is 0 Å². The number of hydrogen-bond acceptors (Lipinski definition) is 3. The molecule has 0 aliphatic carbocycles. The molecular formula is C5H17Cl5N2O2. The van der Waals surface area contributed by atoms with Crippen LogP contribution in [0.2, 0.25) is 0 Å². The van der Waals surface area contributed by atoms with Crippen LogP contribution in [-0.2, 0) is 4.79 Å². The van der Waals surface area contributed by atoms with Crippen LogP contribution in [0, 0.1) is 0 Å². The molecule has 0 spiro atoms. The molecule has 0 amide bonds. The van der Waals surface area contributed by atoms with Crippen LogP contribution in [0.25, 0.3) is 0 Å². The van der Waals surface area contributed by atoms with E-state index in [9.17, 15) is 4.79 Å². The van der Waals surface area contributed by atoms with Crippen molar-refractivity contribution >= 4 is 68.0 Å². The fraction of sp³-hybridized carbons (Fsp3) is 0.800. The molecule has 0 unspecified atom stereocenters. The SMILES string of the molecule is Cl.Cl.Cl.Cl.Cl.NCCC[C@H](N)C(=O)O. The average molecular weight is 314 g/mol. The van der Waals surface area contributed by atoms with Crippen LogP contribution in [0.3, 0.4) is 0 Å². The van der Waals surface area contributed by atoms with Gasteiger partial charge in [-0.05, 0) is 19.4 Å². The van der Waals surface area contributed by atoms with Gasteiger partial charge in [-0.3, -0.25) is 4.79 Å². The van der Waals surface area contributed by atoms with Crippen molar-refractivity contribution < 1.29 is 9.90 Å². The summed E-state index contributed by atoms with van der Waals surface area (Å²) >= 11 is 0. The summed E-state index contributed by atoms with van der Waals surface area (Å²) in [7, 11) is 0. The largest absolute Gasteiger partial charge is 0.480 e. The molecule has 0 aromatic carbocycles. The molecule has 0 heterocycles. The molecule has 0 aromatic rings. The molecule has 0 fully saturated rings. The Morgan fingerprint density at radius 3 is 1.71 bits per heavy atom. The van der Waals surface area contributed by atoms with Crippen LogP contribution in [0.1, 0.15) is 12.8 Å². The summed E-state index contributed by atoms with van der Waals surface area (Å²) in [4.78, 5) is 10.0. The molecular weight excluding hydrogens is 297 g/mol. The maximum Gasteiger partial charge on any atom is 0.320 e. The summed E-state index contributed by atoms with van der Waals surface area (Å²) in [5, 5.41) is 8.24. The summed E-state index contributed by atoms with van der Waals surface area (Å²) in [5.74, 6) is -0.955. The Kier molecular flexibility index (Phi) is 61.2. The number of carbonyl (C=O) groups is 1. The number of hydrogen-bond donors (Lipinski definition) is 3. The first-order valence-corrected chi connectivity index (χ1v) is 2.87. The number of halogens is 5. The lowest BCUT2D eigenvalue weighted by atomic mass is 10.2. The first-order valence-electron chi connectivity index (χ1n) is 2.87. The Morgan fingerprint density at radius 1 is 1.14 bits per heavy atom. The zero-order valence-electron chi connectivity index (χ0n) is 7.25. The van der Waals surface area contributed by atoms with Gasteiger partial charge in [0.05, 0.1) is 0 Å². The van der Waals surface area contributed by atoms with Crippen molar-refractivity contribution in [2.24, 2.45) is 11.5 Å². The topological polar surface area (TPSA) is 89.3 Å². The normalized spacial score (nSPS) is 8.43. The highest BCUT2D eigenvalue weighted by Crippen LogP contribution is 1.91. The maximum absolute atomic E-state index is 10.0. The van der Waals surface area contributed by atoms with Gasteiger partial charge < -0.3 is 16.6 Å². The van der Waals surface area contributed by atoms with Crippen molar-refractivity contribution in [3.63, 3.8) is 0 Å². The molecule has 4 nitrogen and oxygen atoms in total. The lowest BCUT2D eigenvalue weighted by Gasteiger charge is -2.02. The fourth-order valence-electron chi connectivity index (χ4n) is 0.461. The number of carboxylic acids is 1. The third-order valence-corrected chi connectivity index (χ3v) is 1.04. The van der Waals surface area contributed by atoms with E-state index >= 15 is 0 Å². The Morgan fingerprint density at radius 2 is 1.50 bits per heavy atom. The van der Waals surface area contributed by atoms with Gasteiger partial charge in [0.1, 0.15) is 6.04 Å². The Balaban J connectivity index is -0.0000000320. The predicted molar refractivity (Wildman–Crippen MR) is 70.1 cm³/mol. The van der Waals surface area contributed by atoms with Gasteiger partial charge in [0.15, 0.2) is 0 Å². The molecule has 0 rings (SSSR count). The summed E-state index contributed by atoms with van der Waals surface area (Å²) in [5.41, 5.74) is 10.3. The Labute approximate surface area is 115 Å². The van der Waals surface area contributed by atoms with E-state index in [0.29, 0.717) is 19.4 Å². The average Bonchev–Trinajstić information content (AvgIpc) is 1.82.